The number of pyridine rings is 1. The molecular formula is C27H19F4NO. The Balaban J connectivity index is 1.50. The summed E-state index contributed by atoms with van der Waals surface area (Å²) in [4.78, 5) is 4.34. The van der Waals surface area contributed by atoms with E-state index in [0.29, 0.717) is 36.0 Å². The summed E-state index contributed by atoms with van der Waals surface area (Å²) in [6, 6.07) is 13.2. The van der Waals surface area contributed by atoms with Gasteiger partial charge in [0, 0.05) is 30.0 Å². The summed E-state index contributed by atoms with van der Waals surface area (Å²) in [7, 11) is 1.61. The minimum Gasteiger partial charge on any atom is -0.380 e. The van der Waals surface area contributed by atoms with Crippen LogP contribution in [0.4, 0.5) is 17.6 Å². The SMILES string of the molecule is COCc1ccc(CCc2cc(F)c(C#Cc3ccc4c(F)c(F)ccc4c3)c(F)c2)nc1. The first kappa shape index (κ1) is 22.5. The predicted octanol–water partition coefficient (Wildman–Crippen LogP) is 6.12. The molecule has 2 nitrogen and oxygen atoms in total. The molecule has 33 heavy (non-hydrogen) atoms. The molecule has 0 aliphatic heterocycles. The van der Waals surface area contributed by atoms with Crippen molar-refractivity contribution in [1.29, 1.82) is 0 Å². The summed E-state index contributed by atoms with van der Waals surface area (Å²) in [5.41, 5.74) is 2.35. The van der Waals surface area contributed by atoms with Gasteiger partial charge in [-0.15, -0.1) is 0 Å². The van der Waals surface area contributed by atoms with Gasteiger partial charge >= 0.3 is 0 Å². The molecule has 3 aromatic carbocycles. The molecule has 0 radical (unpaired) electrons. The van der Waals surface area contributed by atoms with Gasteiger partial charge in [0.2, 0.25) is 0 Å². The van der Waals surface area contributed by atoms with E-state index >= 15 is 0 Å². The lowest BCUT2D eigenvalue weighted by Gasteiger charge is -2.06. The predicted molar refractivity (Wildman–Crippen MR) is 119 cm³/mol. The van der Waals surface area contributed by atoms with Gasteiger partial charge in [-0.3, -0.25) is 4.98 Å². The van der Waals surface area contributed by atoms with Gasteiger partial charge in [0.05, 0.1) is 12.2 Å². The summed E-state index contributed by atoms with van der Waals surface area (Å²) in [6.07, 6.45) is 2.67. The van der Waals surface area contributed by atoms with Crippen LogP contribution in [0.1, 0.15) is 27.9 Å². The lowest BCUT2D eigenvalue weighted by atomic mass is 10.0. The fourth-order valence-corrected chi connectivity index (χ4v) is 3.49. The first-order chi connectivity index (χ1) is 15.9. The minimum atomic E-state index is -0.944. The molecule has 0 amide bonds. The molecule has 0 fully saturated rings. The molecule has 0 atom stereocenters. The van der Waals surface area contributed by atoms with Gasteiger partial charge in [0.25, 0.3) is 0 Å². The Hall–Kier alpha value is -3.69. The standard InChI is InChI=1S/C27H19F4NO/c1-33-16-19-3-8-21(32-15-19)7-2-18-13-25(29)23(26(30)14-18)10-5-17-4-9-22-20(12-17)6-11-24(28)27(22)31/h3-4,6,8-9,11-15H,2,7,16H2,1H3. The highest BCUT2D eigenvalue weighted by Crippen LogP contribution is 2.22. The van der Waals surface area contributed by atoms with E-state index in [2.05, 4.69) is 16.8 Å². The molecule has 1 aromatic heterocycles. The normalized spacial score (nSPS) is 10.8. The largest absolute Gasteiger partial charge is 0.380 e. The average molecular weight is 449 g/mol. The molecule has 0 aliphatic rings. The topological polar surface area (TPSA) is 22.1 Å². The van der Waals surface area contributed by atoms with Gasteiger partial charge in [-0.1, -0.05) is 30.0 Å². The summed E-state index contributed by atoms with van der Waals surface area (Å²) in [5.74, 6) is 1.82. The van der Waals surface area contributed by atoms with E-state index in [9.17, 15) is 17.6 Å². The van der Waals surface area contributed by atoms with E-state index in [1.54, 1.807) is 19.4 Å². The monoisotopic (exact) mass is 449 g/mol. The van der Waals surface area contributed by atoms with Crippen molar-refractivity contribution in [3.63, 3.8) is 0 Å². The number of aromatic nitrogens is 1. The van der Waals surface area contributed by atoms with Gasteiger partial charge in [0.15, 0.2) is 11.6 Å². The van der Waals surface area contributed by atoms with Crippen LogP contribution in [0.2, 0.25) is 0 Å². The molecule has 4 aromatic rings. The fourth-order valence-electron chi connectivity index (χ4n) is 3.49. The summed E-state index contributed by atoms with van der Waals surface area (Å²) in [6.45, 7) is 0.473. The highest BCUT2D eigenvalue weighted by molar-refractivity contribution is 5.84. The number of hydrogen-bond donors (Lipinski definition) is 0. The second-order valence-corrected chi connectivity index (χ2v) is 7.57. The molecule has 0 saturated heterocycles. The number of methoxy groups -OCH3 is 1. The molecule has 0 aliphatic carbocycles. The molecule has 1 heterocycles. The quantitative estimate of drug-likeness (QED) is 0.270. The third kappa shape index (κ3) is 5.21. The van der Waals surface area contributed by atoms with E-state index in [1.807, 2.05) is 12.1 Å². The summed E-state index contributed by atoms with van der Waals surface area (Å²) < 4.78 is 61.3. The highest BCUT2D eigenvalue weighted by atomic mass is 19.2. The van der Waals surface area contributed by atoms with Gasteiger partial charge in [0.1, 0.15) is 11.6 Å². The van der Waals surface area contributed by atoms with Crippen molar-refractivity contribution in [2.24, 2.45) is 0 Å². The first-order valence-corrected chi connectivity index (χ1v) is 10.2. The number of benzene rings is 3. The molecule has 0 bridgehead atoms. The number of ether oxygens (including phenoxy) is 1. The van der Waals surface area contributed by atoms with Crippen LogP contribution in [0.5, 0.6) is 0 Å². The van der Waals surface area contributed by atoms with Crippen molar-refractivity contribution >= 4 is 10.8 Å². The minimum absolute atomic E-state index is 0.116. The van der Waals surface area contributed by atoms with Crippen molar-refractivity contribution < 1.29 is 22.3 Å². The lowest BCUT2D eigenvalue weighted by Crippen LogP contribution is -1.99. The van der Waals surface area contributed by atoms with Crippen LogP contribution in [-0.2, 0) is 24.2 Å². The summed E-state index contributed by atoms with van der Waals surface area (Å²) >= 11 is 0. The number of hydrogen-bond acceptors (Lipinski definition) is 2. The second-order valence-electron chi connectivity index (χ2n) is 7.57. The number of fused-ring (bicyclic) bond motifs is 1. The lowest BCUT2D eigenvalue weighted by molar-refractivity contribution is 0.184. The van der Waals surface area contributed by atoms with Crippen LogP contribution in [-0.4, -0.2) is 12.1 Å². The summed E-state index contributed by atoms with van der Waals surface area (Å²) in [5, 5.41) is 0.561. The van der Waals surface area contributed by atoms with Crippen LogP contribution in [0.15, 0.2) is 60.8 Å². The Labute approximate surface area is 188 Å². The highest BCUT2D eigenvalue weighted by Gasteiger charge is 2.11. The van der Waals surface area contributed by atoms with E-state index < -0.39 is 23.3 Å². The number of rotatable bonds is 5. The molecule has 6 heteroatoms. The first-order valence-electron chi connectivity index (χ1n) is 10.2. The van der Waals surface area contributed by atoms with Crippen molar-refractivity contribution in [2.75, 3.05) is 7.11 Å². The fraction of sp³-hybridized carbons (Fsp3) is 0.148. The average Bonchev–Trinajstić information content (AvgIpc) is 2.81. The maximum absolute atomic E-state index is 14.6. The zero-order chi connectivity index (χ0) is 23.4. The molecule has 0 N–H and O–H groups in total. The van der Waals surface area contributed by atoms with Crippen molar-refractivity contribution in [2.45, 2.75) is 19.4 Å². The third-order valence-electron chi connectivity index (χ3n) is 5.21. The molecule has 166 valence electrons. The van der Waals surface area contributed by atoms with Gasteiger partial charge in [-0.05, 0) is 65.8 Å². The van der Waals surface area contributed by atoms with Gasteiger partial charge < -0.3 is 4.74 Å². The van der Waals surface area contributed by atoms with Crippen molar-refractivity contribution in [3.05, 3.63) is 112 Å². The van der Waals surface area contributed by atoms with E-state index in [0.717, 1.165) is 17.3 Å². The number of aryl methyl sites for hydroxylation is 2. The van der Waals surface area contributed by atoms with Crippen molar-refractivity contribution in [3.8, 4) is 11.8 Å². The van der Waals surface area contributed by atoms with E-state index in [-0.39, 0.29) is 10.9 Å². The number of nitrogens with zero attached hydrogens (tertiary/aromatic N) is 1. The van der Waals surface area contributed by atoms with Gasteiger partial charge in [-0.2, -0.15) is 0 Å². The Morgan fingerprint density at radius 2 is 1.58 bits per heavy atom. The maximum atomic E-state index is 14.6. The smallest absolute Gasteiger partial charge is 0.166 e. The van der Waals surface area contributed by atoms with E-state index in [1.165, 1.54) is 30.3 Å². The van der Waals surface area contributed by atoms with Crippen LogP contribution in [0.25, 0.3) is 10.8 Å². The van der Waals surface area contributed by atoms with Crippen LogP contribution in [0, 0.1) is 35.1 Å². The Morgan fingerprint density at radius 1 is 0.788 bits per heavy atom. The van der Waals surface area contributed by atoms with Gasteiger partial charge in [-0.25, -0.2) is 17.6 Å². The third-order valence-corrected chi connectivity index (χ3v) is 5.21. The maximum Gasteiger partial charge on any atom is 0.166 e. The Morgan fingerprint density at radius 3 is 2.27 bits per heavy atom. The Kier molecular flexibility index (Phi) is 6.71. The van der Waals surface area contributed by atoms with Crippen LogP contribution in [0.3, 0.4) is 0 Å². The van der Waals surface area contributed by atoms with Crippen LogP contribution < -0.4 is 0 Å². The van der Waals surface area contributed by atoms with Crippen LogP contribution >= 0.6 is 0 Å². The Bertz CT molecular complexity index is 1350. The second kappa shape index (κ2) is 9.85. The molecular weight excluding hydrogens is 430 g/mol. The van der Waals surface area contributed by atoms with Crippen molar-refractivity contribution in [1.82, 2.24) is 4.98 Å². The zero-order valence-corrected chi connectivity index (χ0v) is 17.8. The number of halogens is 4. The molecule has 4 rings (SSSR count). The molecule has 0 saturated carbocycles. The zero-order valence-electron chi connectivity index (χ0n) is 17.8. The van der Waals surface area contributed by atoms with E-state index in [4.69, 9.17) is 4.74 Å². The molecule has 0 unspecified atom stereocenters. The molecule has 0 spiro atoms.